The summed E-state index contributed by atoms with van der Waals surface area (Å²) in [5, 5.41) is 32.9. The molecule has 0 aromatic carbocycles. The Morgan fingerprint density at radius 1 is 0.571 bits per heavy atom. The van der Waals surface area contributed by atoms with Crippen LogP contribution >= 0.6 is 0 Å². The van der Waals surface area contributed by atoms with Gasteiger partial charge in [0.05, 0.1) is 18.8 Å². The molecule has 0 aliphatic rings. The van der Waals surface area contributed by atoms with Crippen molar-refractivity contribution < 1.29 is 20.1 Å². The van der Waals surface area contributed by atoms with E-state index in [0.29, 0.717) is 6.42 Å². The number of unbranched alkanes of at least 4 members (excludes halogenated alkanes) is 22. The van der Waals surface area contributed by atoms with Gasteiger partial charge in [0, 0.05) is 0 Å². The highest BCUT2D eigenvalue weighted by molar-refractivity contribution is 5.80. The number of amides is 1. The van der Waals surface area contributed by atoms with Crippen LogP contribution in [0.1, 0.15) is 181 Å². The Morgan fingerprint density at radius 2 is 0.952 bits per heavy atom. The van der Waals surface area contributed by atoms with E-state index in [9.17, 15) is 20.1 Å². The third kappa shape index (κ3) is 27.7. The summed E-state index contributed by atoms with van der Waals surface area (Å²) in [4.78, 5) is 12.4. The smallest absolute Gasteiger partial charge is 0.249 e. The zero-order chi connectivity index (χ0) is 30.9. The van der Waals surface area contributed by atoms with Crippen LogP contribution in [0.2, 0.25) is 0 Å². The maximum absolute atomic E-state index is 12.4. The summed E-state index contributed by atoms with van der Waals surface area (Å²) in [5.74, 6) is -0.514. The topological polar surface area (TPSA) is 89.8 Å². The largest absolute Gasteiger partial charge is 0.394 e. The molecule has 0 saturated heterocycles. The fraction of sp³-hybridized carbons (Fsp3) is 0.865. The molecule has 5 nitrogen and oxygen atoms in total. The summed E-state index contributed by atoms with van der Waals surface area (Å²) < 4.78 is 0. The molecule has 1 amide bonds. The molecule has 42 heavy (non-hydrogen) atoms. The van der Waals surface area contributed by atoms with E-state index in [2.05, 4.69) is 31.3 Å². The van der Waals surface area contributed by atoms with E-state index in [1.807, 2.05) is 6.08 Å². The monoisotopic (exact) mass is 594 g/mol. The van der Waals surface area contributed by atoms with E-state index >= 15 is 0 Å². The number of rotatable bonds is 32. The van der Waals surface area contributed by atoms with Gasteiger partial charge in [0.25, 0.3) is 0 Å². The molecule has 3 unspecified atom stereocenters. The van der Waals surface area contributed by atoms with E-state index in [4.69, 9.17) is 0 Å². The maximum atomic E-state index is 12.4. The molecular weight excluding hydrogens is 522 g/mol. The lowest BCUT2D eigenvalue weighted by molar-refractivity contribution is -0.131. The Balaban J connectivity index is 3.76. The molecule has 0 saturated carbocycles. The van der Waals surface area contributed by atoms with Gasteiger partial charge in [0.1, 0.15) is 6.10 Å². The van der Waals surface area contributed by atoms with Gasteiger partial charge in [-0.3, -0.25) is 4.79 Å². The Morgan fingerprint density at radius 3 is 1.38 bits per heavy atom. The number of allylic oxidation sites excluding steroid dienone is 3. The molecule has 0 spiro atoms. The molecule has 0 radical (unpaired) electrons. The number of hydrogen-bond donors (Lipinski definition) is 4. The van der Waals surface area contributed by atoms with E-state index in [1.54, 1.807) is 6.08 Å². The maximum Gasteiger partial charge on any atom is 0.249 e. The van der Waals surface area contributed by atoms with Crippen LogP contribution < -0.4 is 5.32 Å². The third-order valence-electron chi connectivity index (χ3n) is 8.29. The highest BCUT2D eigenvalue weighted by Gasteiger charge is 2.22. The minimum Gasteiger partial charge on any atom is -0.394 e. The summed E-state index contributed by atoms with van der Waals surface area (Å²) in [6.07, 6.45) is 37.6. The Kier molecular flexibility index (Phi) is 31.8. The van der Waals surface area contributed by atoms with E-state index < -0.39 is 24.2 Å². The average molecular weight is 594 g/mol. The highest BCUT2D eigenvalue weighted by Crippen LogP contribution is 2.13. The van der Waals surface area contributed by atoms with Crippen molar-refractivity contribution in [3.63, 3.8) is 0 Å². The minimum absolute atomic E-state index is 0.366. The van der Waals surface area contributed by atoms with Crippen LogP contribution in [0.25, 0.3) is 0 Å². The summed E-state index contributed by atoms with van der Waals surface area (Å²) >= 11 is 0. The van der Waals surface area contributed by atoms with E-state index in [-0.39, 0.29) is 6.61 Å². The zero-order valence-electron chi connectivity index (χ0n) is 27.9. The molecule has 4 N–H and O–H groups in total. The van der Waals surface area contributed by atoms with Crippen molar-refractivity contribution >= 4 is 5.91 Å². The van der Waals surface area contributed by atoms with Crippen LogP contribution in [0.4, 0.5) is 0 Å². The Labute approximate surface area is 261 Å². The average Bonchev–Trinajstić information content (AvgIpc) is 2.99. The van der Waals surface area contributed by atoms with Crippen LogP contribution in [0, 0.1) is 0 Å². The molecule has 5 heteroatoms. The quantitative estimate of drug-likeness (QED) is 0.0462. The summed E-state index contributed by atoms with van der Waals surface area (Å²) in [6.45, 7) is 4.14. The number of hydrogen-bond acceptors (Lipinski definition) is 4. The van der Waals surface area contributed by atoms with Crippen LogP contribution in [-0.4, -0.2) is 46.1 Å². The lowest BCUT2D eigenvalue weighted by Gasteiger charge is -2.21. The first-order valence-corrected chi connectivity index (χ1v) is 18.2. The van der Waals surface area contributed by atoms with Crippen molar-refractivity contribution in [1.29, 1.82) is 0 Å². The lowest BCUT2D eigenvalue weighted by Crippen LogP contribution is -2.48. The first kappa shape index (κ1) is 40.8. The van der Waals surface area contributed by atoms with Gasteiger partial charge < -0.3 is 20.6 Å². The van der Waals surface area contributed by atoms with Crippen LogP contribution in [-0.2, 0) is 4.79 Å². The van der Waals surface area contributed by atoms with Gasteiger partial charge in [-0.25, -0.2) is 0 Å². The number of carbonyl (C=O) groups is 1. The molecule has 0 aliphatic carbocycles. The predicted molar refractivity (Wildman–Crippen MR) is 181 cm³/mol. The summed E-state index contributed by atoms with van der Waals surface area (Å²) in [5.41, 5.74) is 0. The summed E-state index contributed by atoms with van der Waals surface area (Å²) in [6, 6.07) is -0.797. The van der Waals surface area contributed by atoms with Crippen LogP contribution in [0.15, 0.2) is 24.3 Å². The van der Waals surface area contributed by atoms with E-state index in [1.165, 1.54) is 116 Å². The van der Waals surface area contributed by atoms with Crippen molar-refractivity contribution in [1.82, 2.24) is 5.32 Å². The SMILES string of the molecule is CCCCCCCCCCC/C=C\CCCCCCC(O)C(=O)NC(CO)C(O)/C=C/CCCCCCCCCCC. The second kappa shape index (κ2) is 32.7. The van der Waals surface area contributed by atoms with Crippen molar-refractivity contribution in [2.75, 3.05) is 6.61 Å². The van der Waals surface area contributed by atoms with Gasteiger partial charge in [-0.1, -0.05) is 160 Å². The molecular formula is C37H71NO4. The first-order valence-electron chi connectivity index (χ1n) is 18.2. The Hall–Kier alpha value is -1.17. The normalized spacial score (nSPS) is 14.1. The molecule has 0 aliphatic heterocycles. The van der Waals surface area contributed by atoms with Gasteiger partial charge in [-0.2, -0.15) is 0 Å². The molecule has 0 aromatic heterocycles. The van der Waals surface area contributed by atoms with Crippen molar-refractivity contribution in [3.05, 3.63) is 24.3 Å². The molecule has 0 rings (SSSR count). The fourth-order valence-electron chi connectivity index (χ4n) is 5.35. The summed E-state index contributed by atoms with van der Waals surface area (Å²) in [7, 11) is 0. The Bertz CT molecular complexity index is 621. The van der Waals surface area contributed by atoms with Gasteiger partial charge in [-0.05, 0) is 44.9 Å². The predicted octanol–water partition coefficient (Wildman–Crippen LogP) is 9.48. The number of aliphatic hydroxyl groups excluding tert-OH is 3. The third-order valence-corrected chi connectivity index (χ3v) is 8.29. The zero-order valence-corrected chi connectivity index (χ0v) is 27.9. The van der Waals surface area contributed by atoms with E-state index in [0.717, 1.165) is 44.9 Å². The van der Waals surface area contributed by atoms with Crippen molar-refractivity contribution in [3.8, 4) is 0 Å². The molecule has 3 atom stereocenters. The first-order chi connectivity index (χ1) is 20.6. The molecule has 248 valence electrons. The number of carbonyl (C=O) groups excluding carboxylic acids is 1. The standard InChI is InChI=1S/C37H71NO4/c1-3-5-7-9-11-13-15-16-17-18-19-20-22-24-26-28-30-32-36(41)37(42)38-34(33-39)35(40)31-29-27-25-23-21-14-12-10-8-6-4-2/h19-20,29,31,34-36,39-41H,3-18,21-28,30,32-33H2,1-2H3,(H,38,42)/b20-19-,31-29+. The van der Waals surface area contributed by atoms with Crippen molar-refractivity contribution in [2.45, 2.75) is 199 Å². The second-order valence-electron chi connectivity index (χ2n) is 12.4. The number of nitrogens with one attached hydrogen (secondary N) is 1. The van der Waals surface area contributed by atoms with Crippen molar-refractivity contribution in [2.24, 2.45) is 0 Å². The fourth-order valence-corrected chi connectivity index (χ4v) is 5.35. The highest BCUT2D eigenvalue weighted by atomic mass is 16.3. The lowest BCUT2D eigenvalue weighted by atomic mass is 10.0. The minimum atomic E-state index is -1.10. The molecule has 0 fully saturated rings. The van der Waals surface area contributed by atoms with Gasteiger partial charge in [-0.15, -0.1) is 0 Å². The molecule has 0 heterocycles. The second-order valence-corrected chi connectivity index (χ2v) is 12.4. The van der Waals surface area contributed by atoms with Crippen LogP contribution in [0.3, 0.4) is 0 Å². The molecule has 0 bridgehead atoms. The van der Waals surface area contributed by atoms with Gasteiger partial charge in [0.2, 0.25) is 5.91 Å². The van der Waals surface area contributed by atoms with Gasteiger partial charge >= 0.3 is 0 Å². The van der Waals surface area contributed by atoms with Gasteiger partial charge in [0.15, 0.2) is 0 Å². The number of aliphatic hydroxyl groups is 3. The van der Waals surface area contributed by atoms with Crippen LogP contribution in [0.5, 0.6) is 0 Å². The molecule has 0 aromatic rings.